The highest BCUT2D eigenvalue weighted by Gasteiger charge is 2.64. The molecule has 1 aromatic rings. The number of carbonyl (C=O) groups is 5. The quantitative estimate of drug-likeness (QED) is 0.163. The number of amides is 2. The summed E-state index contributed by atoms with van der Waals surface area (Å²) in [4.78, 5) is 65.1. The first-order chi connectivity index (χ1) is 21.6. The van der Waals surface area contributed by atoms with E-state index in [1.54, 1.807) is 46.1 Å². The first-order valence-corrected chi connectivity index (χ1v) is 15.3. The molecule has 2 amide bonds. The molecule has 47 heavy (non-hydrogen) atoms. The molecule has 3 aliphatic rings. The third-order valence-corrected chi connectivity index (χ3v) is 8.73. The Morgan fingerprint density at radius 1 is 1.09 bits per heavy atom. The van der Waals surface area contributed by atoms with Crippen molar-refractivity contribution >= 4 is 46.3 Å². The number of fused-ring (bicyclic) bond motifs is 3. The van der Waals surface area contributed by atoms with Gasteiger partial charge in [0.05, 0.1) is 23.8 Å². The van der Waals surface area contributed by atoms with Gasteiger partial charge < -0.3 is 46.5 Å². The molecule has 4 atom stereocenters. The number of benzene rings is 1. The lowest BCUT2D eigenvalue weighted by molar-refractivity contribution is -0.153. The number of aliphatic hydroxyl groups excluding tert-OH is 2. The average molecular weight is 658 g/mol. The van der Waals surface area contributed by atoms with Gasteiger partial charge >= 0.3 is 0 Å². The lowest BCUT2D eigenvalue weighted by Gasteiger charge is -2.50. The summed E-state index contributed by atoms with van der Waals surface area (Å²) < 4.78 is 0. The summed E-state index contributed by atoms with van der Waals surface area (Å²) in [5, 5.41) is 51.3. The van der Waals surface area contributed by atoms with E-state index in [1.165, 1.54) is 4.90 Å². The Labute approximate surface area is 274 Å². The van der Waals surface area contributed by atoms with E-state index in [0.717, 1.165) is 0 Å². The van der Waals surface area contributed by atoms with Crippen molar-refractivity contribution in [1.29, 1.82) is 0 Å². The molecule has 0 radical (unpaired) electrons. The Kier molecular flexibility index (Phi) is 10.6. The summed E-state index contributed by atoms with van der Waals surface area (Å²) in [5.74, 6) is -7.53. The van der Waals surface area contributed by atoms with Gasteiger partial charge in [0, 0.05) is 43.2 Å². The molecular weight excluding hydrogens is 610 g/mol. The molecular formula is C33H47N5O9. The minimum absolute atomic E-state index is 0.00158. The summed E-state index contributed by atoms with van der Waals surface area (Å²) in [5.41, 5.74) is 2.11. The zero-order valence-corrected chi connectivity index (χ0v) is 28.4. The maximum Gasteiger partial charge on any atom is 0.255 e. The van der Waals surface area contributed by atoms with E-state index in [4.69, 9.17) is 5.73 Å². The monoisotopic (exact) mass is 657 g/mol. The van der Waals surface area contributed by atoms with Crippen molar-refractivity contribution in [3.8, 4) is 5.75 Å². The minimum Gasteiger partial charge on any atom is -0.508 e. The van der Waals surface area contributed by atoms with Crippen LogP contribution in [-0.4, -0.2) is 106 Å². The van der Waals surface area contributed by atoms with Crippen molar-refractivity contribution < 1.29 is 44.4 Å². The number of likely N-dealkylation sites (N-methyl/N-ethyl adjacent to an activating group) is 1. The van der Waals surface area contributed by atoms with Crippen molar-refractivity contribution in [3.05, 3.63) is 34.1 Å². The SMILES string of the molecule is CCC(C)=O.CN(C)c1cc(NC(=O)CNC(C)(C)C)c(O)c2c1C[C@H]1C[C@H]3[C@H](N(C)C)C(=O)C(C(N)=O)=C(O)[C@@]3(O)C(=O)C1=C2O. The molecule has 0 saturated heterocycles. The lowest BCUT2D eigenvalue weighted by atomic mass is 9.57. The molecule has 0 aromatic heterocycles. The Balaban J connectivity index is 0.00000111. The molecule has 1 aromatic carbocycles. The molecule has 1 fully saturated rings. The molecule has 4 rings (SSSR count). The molecule has 0 heterocycles. The second-order valence-corrected chi connectivity index (χ2v) is 13.7. The Hall–Kier alpha value is -4.27. The number of Topliss-reactive ketones (excluding diaryl/α,β-unsaturated/α-hetero) is 3. The lowest BCUT2D eigenvalue weighted by Crippen LogP contribution is -2.65. The minimum atomic E-state index is -2.73. The summed E-state index contributed by atoms with van der Waals surface area (Å²) in [6.45, 7) is 9.05. The van der Waals surface area contributed by atoms with Crippen LogP contribution in [0.4, 0.5) is 11.4 Å². The molecule has 0 unspecified atom stereocenters. The molecule has 1 saturated carbocycles. The van der Waals surface area contributed by atoms with E-state index < -0.39 is 69.7 Å². The zero-order chi connectivity index (χ0) is 35.9. The summed E-state index contributed by atoms with van der Waals surface area (Å²) >= 11 is 0. The van der Waals surface area contributed by atoms with Crippen molar-refractivity contribution in [3.63, 3.8) is 0 Å². The van der Waals surface area contributed by atoms with Crippen molar-refractivity contribution in [2.75, 3.05) is 45.0 Å². The second-order valence-electron chi connectivity index (χ2n) is 13.7. The highest BCUT2D eigenvalue weighted by atomic mass is 16.3. The zero-order valence-electron chi connectivity index (χ0n) is 28.4. The van der Waals surface area contributed by atoms with Gasteiger partial charge in [-0.1, -0.05) is 6.92 Å². The Bertz CT molecular complexity index is 1570. The number of phenols is 1. The summed E-state index contributed by atoms with van der Waals surface area (Å²) in [6, 6.07) is 0.409. The largest absolute Gasteiger partial charge is 0.508 e. The van der Waals surface area contributed by atoms with Gasteiger partial charge in [0.25, 0.3) is 5.91 Å². The highest BCUT2D eigenvalue weighted by molar-refractivity contribution is 6.24. The van der Waals surface area contributed by atoms with Crippen LogP contribution >= 0.6 is 0 Å². The normalized spacial score (nSPS) is 23.8. The molecule has 0 aliphatic heterocycles. The number of primary amides is 1. The number of nitrogens with one attached hydrogen (secondary N) is 2. The van der Waals surface area contributed by atoms with Crippen LogP contribution in [0, 0.1) is 11.8 Å². The van der Waals surface area contributed by atoms with Gasteiger partial charge in [-0.05, 0) is 72.2 Å². The number of phenolic OH excluding ortho intramolecular Hbond substituents is 1. The maximum atomic E-state index is 14.0. The van der Waals surface area contributed by atoms with Crippen LogP contribution in [-0.2, 0) is 30.4 Å². The van der Waals surface area contributed by atoms with Crippen LogP contribution in [0.25, 0.3) is 5.76 Å². The first kappa shape index (κ1) is 37.2. The smallest absolute Gasteiger partial charge is 0.255 e. The number of anilines is 2. The van der Waals surface area contributed by atoms with E-state index in [1.807, 2.05) is 27.7 Å². The molecule has 14 heteroatoms. The van der Waals surface area contributed by atoms with Crippen LogP contribution in [0.15, 0.2) is 23.0 Å². The molecule has 258 valence electrons. The first-order valence-electron chi connectivity index (χ1n) is 15.3. The fraction of sp³-hybridized carbons (Fsp3) is 0.545. The van der Waals surface area contributed by atoms with Gasteiger partial charge in [-0.25, -0.2) is 0 Å². The standard InChI is InChI=1S/C29H39N5O8.C4H8O/c1-28(2,3)31-11-17(35)32-15-10-16(33(4)5)13-8-12-9-14-21(34(6)7)24(38)20(27(30)41)26(40)29(14,42)25(39)18(12)23(37)19(13)22(15)36;1-3-4(2)5/h10,12,14,21,31,36-37,40,42H,8-9,11H2,1-7H3,(H2,30,41)(H,32,35);3H2,1-2H3/t12-,14-,21-,29-;/m0./s1. The fourth-order valence-corrected chi connectivity index (χ4v) is 6.33. The van der Waals surface area contributed by atoms with Crippen LogP contribution in [0.5, 0.6) is 5.75 Å². The van der Waals surface area contributed by atoms with Gasteiger partial charge in [-0.3, -0.25) is 24.1 Å². The van der Waals surface area contributed by atoms with Crippen LogP contribution in [0.2, 0.25) is 0 Å². The van der Waals surface area contributed by atoms with E-state index >= 15 is 0 Å². The van der Waals surface area contributed by atoms with Gasteiger partial charge in [0.1, 0.15) is 28.6 Å². The predicted octanol–water partition coefficient (Wildman–Crippen LogP) is 1.34. The highest BCUT2D eigenvalue weighted by Crippen LogP contribution is 2.54. The van der Waals surface area contributed by atoms with E-state index in [-0.39, 0.29) is 47.5 Å². The number of nitrogens with zero attached hydrogens (tertiary/aromatic N) is 2. The van der Waals surface area contributed by atoms with Gasteiger partial charge in [0.2, 0.25) is 11.7 Å². The summed E-state index contributed by atoms with van der Waals surface area (Å²) in [6.07, 6.45) is 0.784. The third kappa shape index (κ3) is 6.90. The molecule has 0 bridgehead atoms. The average Bonchev–Trinajstić information content (AvgIpc) is 2.94. The Morgan fingerprint density at radius 2 is 1.66 bits per heavy atom. The third-order valence-electron chi connectivity index (χ3n) is 8.73. The number of aliphatic hydroxyl groups is 3. The number of rotatable bonds is 7. The van der Waals surface area contributed by atoms with Gasteiger partial charge in [-0.2, -0.15) is 0 Å². The molecule has 0 spiro atoms. The predicted molar refractivity (Wildman–Crippen MR) is 176 cm³/mol. The van der Waals surface area contributed by atoms with E-state index in [2.05, 4.69) is 10.6 Å². The Morgan fingerprint density at radius 3 is 2.13 bits per heavy atom. The molecule has 14 nitrogen and oxygen atoms in total. The van der Waals surface area contributed by atoms with Crippen LogP contribution < -0.4 is 21.3 Å². The van der Waals surface area contributed by atoms with Gasteiger partial charge in [0.15, 0.2) is 11.4 Å². The molecule has 8 N–H and O–H groups in total. The van der Waals surface area contributed by atoms with Crippen LogP contribution in [0.1, 0.15) is 58.6 Å². The number of hydrogen-bond acceptors (Lipinski definition) is 12. The molecule has 3 aliphatic carbocycles. The van der Waals surface area contributed by atoms with E-state index in [0.29, 0.717) is 17.7 Å². The van der Waals surface area contributed by atoms with E-state index in [9.17, 15) is 44.4 Å². The van der Waals surface area contributed by atoms with Crippen molar-refractivity contribution in [2.45, 2.75) is 71.1 Å². The number of nitrogens with two attached hydrogens (primary N) is 1. The van der Waals surface area contributed by atoms with Gasteiger partial charge in [-0.15, -0.1) is 0 Å². The fourth-order valence-electron chi connectivity index (χ4n) is 6.33. The van der Waals surface area contributed by atoms with Crippen molar-refractivity contribution in [1.82, 2.24) is 10.2 Å². The van der Waals surface area contributed by atoms with Crippen molar-refractivity contribution in [2.24, 2.45) is 17.6 Å². The number of ketones is 3. The summed E-state index contributed by atoms with van der Waals surface area (Å²) in [7, 11) is 6.58. The number of hydrogen-bond donors (Lipinski definition) is 7. The number of aromatic hydroxyl groups is 1. The topological polar surface area (TPSA) is 223 Å². The number of carbonyl (C=O) groups excluding carboxylic acids is 5. The second kappa shape index (κ2) is 13.5. The van der Waals surface area contributed by atoms with Crippen LogP contribution in [0.3, 0.4) is 0 Å². The maximum absolute atomic E-state index is 14.0.